The molecule has 0 aromatic heterocycles. The number of nitro groups is 1. The van der Waals surface area contributed by atoms with Gasteiger partial charge < -0.3 is 5.11 Å². The molecular formula is C6H9NO3. The lowest BCUT2D eigenvalue weighted by molar-refractivity contribution is -0.511. The van der Waals surface area contributed by atoms with Crippen LogP contribution >= 0.6 is 0 Å². The van der Waals surface area contributed by atoms with Crippen molar-refractivity contribution in [3.05, 3.63) is 22.3 Å². The molecule has 0 fully saturated rings. The fraction of sp³-hybridized carbons (Fsp3) is 0.667. The van der Waals surface area contributed by atoms with E-state index in [9.17, 15) is 10.1 Å². The Kier molecular flexibility index (Phi) is 2.01. The van der Waals surface area contributed by atoms with E-state index in [0.29, 0.717) is 12.8 Å². The second-order valence-corrected chi connectivity index (χ2v) is 2.38. The highest BCUT2D eigenvalue weighted by molar-refractivity contribution is 4.98. The van der Waals surface area contributed by atoms with Crippen LogP contribution in [0.15, 0.2) is 12.2 Å². The van der Waals surface area contributed by atoms with Gasteiger partial charge in [-0.2, -0.15) is 0 Å². The van der Waals surface area contributed by atoms with Gasteiger partial charge >= 0.3 is 0 Å². The molecule has 2 unspecified atom stereocenters. The Morgan fingerprint density at radius 3 is 2.60 bits per heavy atom. The van der Waals surface area contributed by atoms with Crippen molar-refractivity contribution in [2.45, 2.75) is 25.0 Å². The second kappa shape index (κ2) is 2.79. The predicted molar refractivity (Wildman–Crippen MR) is 35.2 cm³/mol. The van der Waals surface area contributed by atoms with E-state index >= 15 is 0 Å². The summed E-state index contributed by atoms with van der Waals surface area (Å²) in [5.74, 6) is 0. The maximum absolute atomic E-state index is 10.1. The summed E-state index contributed by atoms with van der Waals surface area (Å²) in [6, 6.07) is -0.580. The van der Waals surface area contributed by atoms with Crippen molar-refractivity contribution in [1.82, 2.24) is 0 Å². The smallest absolute Gasteiger partial charge is 0.231 e. The van der Waals surface area contributed by atoms with Crippen LogP contribution in [0, 0.1) is 10.1 Å². The molecule has 0 aromatic carbocycles. The lowest BCUT2D eigenvalue weighted by Crippen LogP contribution is -2.23. The molecule has 1 rings (SSSR count). The monoisotopic (exact) mass is 143 g/mol. The maximum atomic E-state index is 10.1. The van der Waals surface area contributed by atoms with Crippen molar-refractivity contribution < 1.29 is 10.0 Å². The van der Waals surface area contributed by atoms with E-state index < -0.39 is 12.1 Å². The molecule has 2 atom stereocenters. The summed E-state index contributed by atoms with van der Waals surface area (Å²) in [5, 5.41) is 19.0. The first-order valence-electron chi connectivity index (χ1n) is 3.20. The topological polar surface area (TPSA) is 63.4 Å². The molecule has 0 saturated heterocycles. The minimum Gasteiger partial charge on any atom is -0.389 e. The van der Waals surface area contributed by atoms with Crippen molar-refractivity contribution in [2.24, 2.45) is 0 Å². The van der Waals surface area contributed by atoms with Gasteiger partial charge in [-0.25, -0.2) is 0 Å². The van der Waals surface area contributed by atoms with E-state index in [-0.39, 0.29) is 4.92 Å². The van der Waals surface area contributed by atoms with Gasteiger partial charge in [-0.3, -0.25) is 10.1 Å². The zero-order valence-electron chi connectivity index (χ0n) is 5.43. The SMILES string of the molecule is O=[N+]([O-])C1C=CC(O)CC1. The molecule has 0 aliphatic heterocycles. The van der Waals surface area contributed by atoms with Gasteiger partial charge in [0.1, 0.15) is 0 Å². The lowest BCUT2D eigenvalue weighted by Gasteiger charge is -2.12. The molecule has 1 aliphatic rings. The van der Waals surface area contributed by atoms with Crippen molar-refractivity contribution in [2.75, 3.05) is 0 Å². The summed E-state index contributed by atoms with van der Waals surface area (Å²) in [5.41, 5.74) is 0. The van der Waals surface area contributed by atoms with Crippen LogP contribution in [-0.2, 0) is 0 Å². The third-order valence-corrected chi connectivity index (χ3v) is 1.58. The number of nitrogens with zero attached hydrogens (tertiary/aromatic N) is 1. The van der Waals surface area contributed by atoms with E-state index in [1.54, 1.807) is 0 Å². The van der Waals surface area contributed by atoms with Crippen LogP contribution in [0.2, 0.25) is 0 Å². The molecule has 0 heterocycles. The summed E-state index contributed by atoms with van der Waals surface area (Å²) in [7, 11) is 0. The van der Waals surface area contributed by atoms with E-state index in [1.165, 1.54) is 12.2 Å². The minimum absolute atomic E-state index is 0.331. The van der Waals surface area contributed by atoms with Crippen LogP contribution < -0.4 is 0 Å². The molecule has 0 radical (unpaired) electrons. The Morgan fingerprint density at radius 1 is 1.50 bits per heavy atom. The summed E-state index contributed by atoms with van der Waals surface area (Å²) < 4.78 is 0. The van der Waals surface area contributed by atoms with Crippen molar-refractivity contribution in [3.63, 3.8) is 0 Å². The van der Waals surface area contributed by atoms with Crippen LogP contribution in [0.4, 0.5) is 0 Å². The molecule has 0 bridgehead atoms. The molecule has 0 spiro atoms. The standard InChI is InChI=1S/C6H9NO3/c8-6-3-1-5(2-4-6)7(9)10/h1,3,5-6,8H,2,4H2. The Bertz CT molecular complexity index is 166. The van der Waals surface area contributed by atoms with Crippen molar-refractivity contribution in [3.8, 4) is 0 Å². The van der Waals surface area contributed by atoms with Gasteiger partial charge in [-0.1, -0.05) is 6.08 Å². The Morgan fingerprint density at radius 2 is 2.20 bits per heavy atom. The number of rotatable bonds is 1. The van der Waals surface area contributed by atoms with E-state index in [0.717, 1.165) is 0 Å². The third kappa shape index (κ3) is 1.54. The Hall–Kier alpha value is -0.900. The quantitative estimate of drug-likeness (QED) is 0.327. The number of aliphatic hydroxyl groups is 1. The van der Waals surface area contributed by atoms with Gasteiger partial charge in [0.15, 0.2) is 0 Å². The van der Waals surface area contributed by atoms with Gasteiger partial charge in [0, 0.05) is 11.3 Å². The Balaban J connectivity index is 2.53. The summed E-state index contributed by atoms with van der Waals surface area (Å²) in [4.78, 5) is 9.80. The first-order chi connectivity index (χ1) is 4.70. The lowest BCUT2D eigenvalue weighted by atomic mass is 10.0. The predicted octanol–water partition coefficient (Wildman–Crippen LogP) is 0.343. The summed E-state index contributed by atoms with van der Waals surface area (Å²) in [6.07, 6.45) is 3.41. The number of hydrogen-bond acceptors (Lipinski definition) is 3. The number of aliphatic hydroxyl groups excluding tert-OH is 1. The van der Waals surface area contributed by atoms with Gasteiger partial charge in [0.05, 0.1) is 6.10 Å². The van der Waals surface area contributed by atoms with Gasteiger partial charge in [0.25, 0.3) is 0 Å². The molecule has 0 amide bonds. The minimum atomic E-state index is -0.580. The Labute approximate surface area is 58.3 Å². The average molecular weight is 143 g/mol. The van der Waals surface area contributed by atoms with Crippen LogP contribution in [-0.4, -0.2) is 22.2 Å². The van der Waals surface area contributed by atoms with E-state index in [2.05, 4.69) is 0 Å². The average Bonchev–Trinajstić information content (AvgIpc) is 1.88. The maximum Gasteiger partial charge on any atom is 0.231 e. The third-order valence-electron chi connectivity index (χ3n) is 1.58. The van der Waals surface area contributed by atoms with Crippen molar-refractivity contribution in [1.29, 1.82) is 0 Å². The normalized spacial score (nSPS) is 32.1. The molecule has 4 nitrogen and oxygen atoms in total. The molecular weight excluding hydrogens is 134 g/mol. The molecule has 0 saturated carbocycles. The van der Waals surface area contributed by atoms with Crippen LogP contribution in [0.3, 0.4) is 0 Å². The first kappa shape index (κ1) is 7.21. The van der Waals surface area contributed by atoms with Crippen LogP contribution in [0.1, 0.15) is 12.8 Å². The van der Waals surface area contributed by atoms with Gasteiger partial charge in [0.2, 0.25) is 6.04 Å². The summed E-state index contributed by atoms with van der Waals surface area (Å²) in [6.45, 7) is 0. The largest absolute Gasteiger partial charge is 0.389 e. The van der Waals surface area contributed by atoms with Gasteiger partial charge in [-0.15, -0.1) is 0 Å². The van der Waals surface area contributed by atoms with Gasteiger partial charge in [-0.05, 0) is 12.5 Å². The highest BCUT2D eigenvalue weighted by Crippen LogP contribution is 2.12. The molecule has 1 aliphatic carbocycles. The highest BCUT2D eigenvalue weighted by Gasteiger charge is 2.21. The van der Waals surface area contributed by atoms with E-state index in [4.69, 9.17) is 5.11 Å². The van der Waals surface area contributed by atoms with Crippen LogP contribution in [0.25, 0.3) is 0 Å². The zero-order chi connectivity index (χ0) is 7.56. The van der Waals surface area contributed by atoms with E-state index in [1.807, 2.05) is 0 Å². The fourth-order valence-electron chi connectivity index (χ4n) is 0.966. The molecule has 56 valence electrons. The fourth-order valence-corrected chi connectivity index (χ4v) is 0.966. The molecule has 1 N–H and O–H groups in total. The highest BCUT2D eigenvalue weighted by atomic mass is 16.6. The first-order valence-corrected chi connectivity index (χ1v) is 3.20. The second-order valence-electron chi connectivity index (χ2n) is 2.38. The molecule has 4 heteroatoms. The summed E-state index contributed by atoms with van der Waals surface area (Å²) >= 11 is 0. The zero-order valence-corrected chi connectivity index (χ0v) is 5.43. The molecule has 0 aromatic rings. The van der Waals surface area contributed by atoms with Crippen molar-refractivity contribution >= 4 is 0 Å². The number of hydrogen-bond donors (Lipinski definition) is 1. The molecule has 10 heavy (non-hydrogen) atoms. The van der Waals surface area contributed by atoms with Crippen LogP contribution in [0.5, 0.6) is 0 Å².